The van der Waals surface area contributed by atoms with Crippen LogP contribution in [-0.2, 0) is 4.79 Å². The standard InChI is InChI=1S/C14H18N4O2/c19-13(9-3-4-9)15-10-6-18(7-10)14(20)12-5-11(16-17-12)8-1-2-8/h5,8-10H,1-4,6-7H2,(H,15,19)(H,16,17). The van der Waals surface area contributed by atoms with Crippen molar-refractivity contribution in [2.45, 2.75) is 37.6 Å². The van der Waals surface area contributed by atoms with Crippen molar-refractivity contribution in [3.05, 3.63) is 17.5 Å². The SMILES string of the molecule is O=C(NC1CN(C(=O)c2cc(C3CC3)[nH]n2)C1)C1CC1. The van der Waals surface area contributed by atoms with Crippen molar-refractivity contribution in [1.29, 1.82) is 0 Å². The Morgan fingerprint density at radius 3 is 2.65 bits per heavy atom. The lowest BCUT2D eigenvalue weighted by atomic mass is 10.1. The highest BCUT2D eigenvalue weighted by Gasteiger charge is 2.37. The highest BCUT2D eigenvalue weighted by atomic mass is 16.2. The molecule has 1 aliphatic heterocycles. The molecule has 1 aromatic rings. The zero-order valence-electron chi connectivity index (χ0n) is 11.3. The Morgan fingerprint density at radius 2 is 2.00 bits per heavy atom. The predicted octanol–water partition coefficient (Wildman–Crippen LogP) is 0.638. The highest BCUT2D eigenvalue weighted by Crippen LogP contribution is 2.39. The minimum Gasteiger partial charge on any atom is -0.350 e. The van der Waals surface area contributed by atoms with Crippen LogP contribution in [0, 0.1) is 5.92 Å². The lowest BCUT2D eigenvalue weighted by molar-refractivity contribution is -0.123. The van der Waals surface area contributed by atoms with E-state index in [0.29, 0.717) is 24.7 Å². The van der Waals surface area contributed by atoms with E-state index in [2.05, 4.69) is 15.5 Å². The second kappa shape index (κ2) is 4.33. The van der Waals surface area contributed by atoms with Crippen LogP contribution in [0.5, 0.6) is 0 Å². The molecule has 0 unspecified atom stereocenters. The largest absolute Gasteiger partial charge is 0.350 e. The van der Waals surface area contributed by atoms with E-state index in [1.165, 1.54) is 12.8 Å². The zero-order chi connectivity index (χ0) is 13.7. The van der Waals surface area contributed by atoms with Crippen LogP contribution in [0.25, 0.3) is 0 Å². The first-order valence-corrected chi connectivity index (χ1v) is 7.35. The molecule has 2 aliphatic carbocycles. The predicted molar refractivity (Wildman–Crippen MR) is 71.1 cm³/mol. The maximum absolute atomic E-state index is 12.2. The minimum atomic E-state index is -0.0370. The maximum atomic E-state index is 12.2. The number of aromatic amines is 1. The Kier molecular flexibility index (Phi) is 2.58. The molecule has 4 rings (SSSR count). The van der Waals surface area contributed by atoms with Crippen LogP contribution in [-0.4, -0.2) is 46.0 Å². The van der Waals surface area contributed by atoms with Gasteiger partial charge in [-0.15, -0.1) is 0 Å². The monoisotopic (exact) mass is 274 g/mol. The molecule has 0 atom stereocenters. The Bertz CT molecular complexity index is 553. The normalized spacial score (nSPS) is 22.5. The van der Waals surface area contributed by atoms with Gasteiger partial charge in [0.15, 0.2) is 0 Å². The number of nitrogens with one attached hydrogen (secondary N) is 2. The number of hydrogen-bond acceptors (Lipinski definition) is 3. The van der Waals surface area contributed by atoms with Crippen LogP contribution in [0.1, 0.15) is 47.8 Å². The lowest BCUT2D eigenvalue weighted by Gasteiger charge is -2.39. The first kappa shape index (κ1) is 11.9. The van der Waals surface area contributed by atoms with Gasteiger partial charge in [0.2, 0.25) is 5.91 Å². The summed E-state index contributed by atoms with van der Waals surface area (Å²) in [4.78, 5) is 25.5. The van der Waals surface area contributed by atoms with Gasteiger partial charge in [-0.2, -0.15) is 5.10 Å². The molecule has 6 heteroatoms. The molecule has 106 valence electrons. The van der Waals surface area contributed by atoms with Crippen molar-refractivity contribution in [2.75, 3.05) is 13.1 Å². The third kappa shape index (κ3) is 2.19. The van der Waals surface area contributed by atoms with Crippen LogP contribution < -0.4 is 5.32 Å². The van der Waals surface area contributed by atoms with Gasteiger partial charge in [0.1, 0.15) is 5.69 Å². The van der Waals surface area contributed by atoms with Crippen molar-refractivity contribution in [2.24, 2.45) is 5.92 Å². The molecule has 3 aliphatic rings. The fourth-order valence-electron chi connectivity index (χ4n) is 2.61. The average Bonchev–Trinajstić information content (AvgIpc) is 3.30. The summed E-state index contributed by atoms with van der Waals surface area (Å²) in [6, 6.07) is 1.99. The van der Waals surface area contributed by atoms with Gasteiger partial charge in [-0.3, -0.25) is 14.7 Å². The van der Waals surface area contributed by atoms with E-state index in [1.807, 2.05) is 6.07 Å². The van der Waals surface area contributed by atoms with E-state index in [1.54, 1.807) is 4.90 Å². The first-order valence-electron chi connectivity index (χ1n) is 7.35. The Labute approximate surface area is 116 Å². The minimum absolute atomic E-state index is 0.0370. The summed E-state index contributed by atoms with van der Waals surface area (Å²) in [7, 11) is 0. The van der Waals surface area contributed by atoms with Gasteiger partial charge >= 0.3 is 0 Å². The van der Waals surface area contributed by atoms with Crippen molar-refractivity contribution >= 4 is 11.8 Å². The summed E-state index contributed by atoms with van der Waals surface area (Å²) < 4.78 is 0. The maximum Gasteiger partial charge on any atom is 0.274 e. The summed E-state index contributed by atoms with van der Waals surface area (Å²) in [6.45, 7) is 1.20. The number of amides is 2. The molecule has 2 N–H and O–H groups in total. The number of carbonyl (C=O) groups is 2. The topological polar surface area (TPSA) is 78.1 Å². The molecule has 0 radical (unpaired) electrons. The van der Waals surface area contributed by atoms with Crippen molar-refractivity contribution in [3.8, 4) is 0 Å². The molecular weight excluding hydrogens is 256 g/mol. The van der Waals surface area contributed by atoms with E-state index in [0.717, 1.165) is 18.5 Å². The quantitative estimate of drug-likeness (QED) is 0.845. The summed E-state index contributed by atoms with van der Waals surface area (Å²) in [5.74, 6) is 0.918. The number of aromatic nitrogens is 2. The van der Waals surface area contributed by atoms with Crippen molar-refractivity contribution in [3.63, 3.8) is 0 Å². The highest BCUT2D eigenvalue weighted by molar-refractivity contribution is 5.93. The third-order valence-electron chi connectivity index (χ3n) is 4.30. The Hall–Kier alpha value is -1.85. The molecule has 20 heavy (non-hydrogen) atoms. The molecule has 0 aromatic carbocycles. The van der Waals surface area contributed by atoms with E-state index in [9.17, 15) is 9.59 Å². The molecule has 1 aromatic heterocycles. The van der Waals surface area contributed by atoms with Gasteiger partial charge < -0.3 is 10.2 Å². The molecule has 2 heterocycles. The summed E-state index contributed by atoms with van der Waals surface area (Å²) in [5, 5.41) is 10.0. The fourth-order valence-corrected chi connectivity index (χ4v) is 2.61. The number of hydrogen-bond donors (Lipinski definition) is 2. The van der Waals surface area contributed by atoms with Gasteiger partial charge in [-0.25, -0.2) is 0 Å². The second-order valence-electron chi connectivity index (χ2n) is 6.17. The van der Waals surface area contributed by atoms with Crippen LogP contribution in [0.15, 0.2) is 6.07 Å². The average molecular weight is 274 g/mol. The molecule has 0 spiro atoms. The molecule has 0 bridgehead atoms. The number of carbonyl (C=O) groups excluding carboxylic acids is 2. The van der Waals surface area contributed by atoms with Crippen LogP contribution in [0.2, 0.25) is 0 Å². The van der Waals surface area contributed by atoms with Crippen molar-refractivity contribution in [1.82, 2.24) is 20.4 Å². The van der Waals surface area contributed by atoms with E-state index < -0.39 is 0 Å². The van der Waals surface area contributed by atoms with E-state index >= 15 is 0 Å². The van der Waals surface area contributed by atoms with E-state index in [4.69, 9.17) is 0 Å². The molecule has 2 amide bonds. The number of rotatable bonds is 4. The summed E-state index contributed by atoms with van der Waals surface area (Å²) in [6.07, 6.45) is 4.40. The Morgan fingerprint density at radius 1 is 1.25 bits per heavy atom. The van der Waals surface area contributed by atoms with E-state index in [-0.39, 0.29) is 23.8 Å². The first-order chi connectivity index (χ1) is 9.70. The number of H-pyrrole nitrogens is 1. The fraction of sp³-hybridized carbons (Fsp3) is 0.643. The van der Waals surface area contributed by atoms with Gasteiger partial charge in [0.25, 0.3) is 5.91 Å². The van der Waals surface area contributed by atoms with Gasteiger partial charge in [0.05, 0.1) is 6.04 Å². The zero-order valence-corrected chi connectivity index (χ0v) is 11.3. The van der Waals surface area contributed by atoms with Crippen LogP contribution >= 0.6 is 0 Å². The number of nitrogens with zero attached hydrogens (tertiary/aromatic N) is 2. The second-order valence-corrected chi connectivity index (χ2v) is 6.17. The summed E-state index contributed by atoms with van der Waals surface area (Å²) >= 11 is 0. The Balaban J connectivity index is 1.30. The molecule has 6 nitrogen and oxygen atoms in total. The third-order valence-corrected chi connectivity index (χ3v) is 4.30. The van der Waals surface area contributed by atoms with Crippen LogP contribution in [0.3, 0.4) is 0 Å². The molecular formula is C14H18N4O2. The van der Waals surface area contributed by atoms with Gasteiger partial charge in [-0.1, -0.05) is 0 Å². The van der Waals surface area contributed by atoms with Gasteiger partial charge in [0, 0.05) is 30.6 Å². The smallest absolute Gasteiger partial charge is 0.274 e. The van der Waals surface area contributed by atoms with Gasteiger partial charge in [-0.05, 0) is 31.7 Å². The van der Waals surface area contributed by atoms with Crippen molar-refractivity contribution < 1.29 is 9.59 Å². The molecule has 3 fully saturated rings. The molecule has 2 saturated carbocycles. The molecule has 1 saturated heterocycles. The van der Waals surface area contributed by atoms with Crippen LogP contribution in [0.4, 0.5) is 0 Å². The summed E-state index contributed by atoms with van der Waals surface area (Å²) in [5.41, 5.74) is 1.58. The number of likely N-dealkylation sites (tertiary alicyclic amines) is 1. The lowest BCUT2D eigenvalue weighted by Crippen LogP contribution is -2.61.